The van der Waals surface area contributed by atoms with Crippen molar-refractivity contribution in [2.24, 2.45) is 11.3 Å². The van der Waals surface area contributed by atoms with Crippen LogP contribution in [-0.4, -0.2) is 40.1 Å². The quantitative estimate of drug-likeness (QED) is 0.272. The zero-order chi connectivity index (χ0) is 20.3. The van der Waals surface area contributed by atoms with Crippen LogP contribution in [0.4, 0.5) is 0 Å². The van der Waals surface area contributed by atoms with Crippen LogP contribution in [0.2, 0.25) is 18.1 Å². The zero-order valence-electron chi connectivity index (χ0n) is 17.9. The maximum Gasteiger partial charge on any atom is 0.323 e. The van der Waals surface area contributed by atoms with Crippen LogP contribution >= 0.6 is 0 Å². The molecule has 0 radical (unpaired) electrons. The van der Waals surface area contributed by atoms with Gasteiger partial charge in [0, 0.05) is 0 Å². The van der Waals surface area contributed by atoms with E-state index in [9.17, 15) is 9.59 Å². The Morgan fingerprint density at radius 3 is 2.11 bits per heavy atom. The predicted octanol–water partition coefficient (Wildman–Crippen LogP) is 4.62. The Morgan fingerprint density at radius 1 is 1.11 bits per heavy atom. The lowest BCUT2D eigenvalue weighted by Gasteiger charge is -2.55. The first kappa shape index (κ1) is 22.1. The summed E-state index contributed by atoms with van der Waals surface area (Å²) in [5.41, 5.74) is -0.508. The molecule has 0 heterocycles. The van der Waals surface area contributed by atoms with Crippen molar-refractivity contribution in [3.8, 4) is 0 Å². The molecule has 0 amide bonds. The van der Waals surface area contributed by atoms with Gasteiger partial charge in [0.2, 0.25) is 0 Å². The van der Waals surface area contributed by atoms with Crippen LogP contribution in [0.15, 0.2) is 11.6 Å². The molecule has 2 atom stereocenters. The van der Waals surface area contributed by atoms with Gasteiger partial charge >= 0.3 is 11.9 Å². The van der Waals surface area contributed by atoms with E-state index < -0.39 is 25.7 Å². The molecule has 0 aromatic heterocycles. The summed E-state index contributed by atoms with van der Waals surface area (Å²) in [6.07, 6.45) is 5.84. The van der Waals surface area contributed by atoms with Crippen molar-refractivity contribution in [1.82, 2.24) is 0 Å². The van der Waals surface area contributed by atoms with Gasteiger partial charge in [-0.05, 0) is 68.7 Å². The number of carbonyl (C=O) groups excluding carboxylic acids is 2. The maximum absolute atomic E-state index is 12.8. The van der Waals surface area contributed by atoms with Gasteiger partial charge in [-0.1, -0.05) is 26.8 Å². The summed E-state index contributed by atoms with van der Waals surface area (Å²) in [5.74, 6) is -1.05. The Morgan fingerprint density at radius 2 is 1.67 bits per heavy atom. The highest BCUT2D eigenvalue weighted by molar-refractivity contribution is 6.73. The molecule has 0 saturated heterocycles. The van der Waals surface area contributed by atoms with Gasteiger partial charge in [0.1, 0.15) is 0 Å². The first-order valence-electron chi connectivity index (χ1n) is 10.4. The van der Waals surface area contributed by atoms with E-state index >= 15 is 0 Å². The Labute approximate surface area is 165 Å². The van der Waals surface area contributed by atoms with Crippen molar-refractivity contribution in [2.45, 2.75) is 83.5 Å². The van der Waals surface area contributed by atoms with Gasteiger partial charge in [-0.3, -0.25) is 9.59 Å². The molecule has 0 aromatic rings. The summed E-state index contributed by atoms with van der Waals surface area (Å²) in [5, 5.41) is 0. The molecule has 2 aliphatic carbocycles. The number of allylic oxidation sites excluding steroid dienone is 1. The van der Waals surface area contributed by atoms with Gasteiger partial charge in [-0.25, -0.2) is 0 Å². The van der Waals surface area contributed by atoms with Crippen molar-refractivity contribution >= 4 is 20.3 Å². The standard InChI is InChI=1S/C21H36O5Si/c1-7-16-15-21(18(22)24-5,19(23)25-6)17-12-11-13-20(16,14-17)26-27(8-2,9-3)10-4/h7,17H,8-15H2,1-6H3/b16-7+/t17-,20-/m1/s1. The van der Waals surface area contributed by atoms with E-state index in [1.165, 1.54) is 14.2 Å². The fourth-order valence-corrected chi connectivity index (χ4v) is 8.46. The minimum absolute atomic E-state index is 0.105. The van der Waals surface area contributed by atoms with E-state index in [2.05, 4.69) is 26.8 Å². The van der Waals surface area contributed by atoms with E-state index in [1.807, 2.05) is 6.92 Å². The maximum atomic E-state index is 12.8. The topological polar surface area (TPSA) is 61.8 Å². The Kier molecular flexibility index (Phi) is 6.95. The first-order chi connectivity index (χ1) is 12.8. The summed E-state index contributed by atoms with van der Waals surface area (Å²) < 4.78 is 17.3. The molecular weight excluding hydrogens is 360 g/mol. The van der Waals surface area contributed by atoms with Gasteiger partial charge in [0.25, 0.3) is 0 Å². The second-order valence-corrected chi connectivity index (χ2v) is 12.8. The van der Waals surface area contributed by atoms with Gasteiger partial charge in [-0.15, -0.1) is 0 Å². The van der Waals surface area contributed by atoms with Crippen molar-refractivity contribution in [2.75, 3.05) is 14.2 Å². The third kappa shape index (κ3) is 3.51. The normalized spacial score (nSPS) is 28.7. The molecule has 0 aromatic carbocycles. The molecule has 27 heavy (non-hydrogen) atoms. The van der Waals surface area contributed by atoms with E-state index in [1.54, 1.807) is 0 Å². The first-order valence-corrected chi connectivity index (χ1v) is 12.9. The fourth-order valence-electron chi connectivity index (χ4n) is 5.38. The number of fused-ring (bicyclic) bond motifs is 2. The molecule has 154 valence electrons. The van der Waals surface area contributed by atoms with E-state index in [-0.39, 0.29) is 11.5 Å². The van der Waals surface area contributed by atoms with Crippen molar-refractivity contribution in [1.29, 1.82) is 0 Å². The number of carbonyl (C=O) groups is 2. The van der Waals surface area contributed by atoms with Gasteiger partial charge in [0.05, 0.1) is 19.8 Å². The Balaban J connectivity index is 2.52. The summed E-state index contributed by atoms with van der Waals surface area (Å²) in [4.78, 5) is 25.7. The smallest absolute Gasteiger partial charge is 0.323 e. The van der Waals surface area contributed by atoms with Crippen molar-refractivity contribution in [3.05, 3.63) is 11.6 Å². The number of hydrogen-bond donors (Lipinski definition) is 0. The van der Waals surface area contributed by atoms with Crippen LogP contribution in [0, 0.1) is 11.3 Å². The zero-order valence-corrected chi connectivity index (χ0v) is 18.9. The molecule has 2 fully saturated rings. The highest BCUT2D eigenvalue weighted by Gasteiger charge is 2.63. The van der Waals surface area contributed by atoms with Crippen LogP contribution in [0.25, 0.3) is 0 Å². The minimum atomic E-state index is -1.84. The molecular formula is C21H36O5Si. The summed E-state index contributed by atoms with van der Waals surface area (Å²) in [6, 6.07) is 3.26. The van der Waals surface area contributed by atoms with Gasteiger partial charge in [-0.2, -0.15) is 0 Å². The van der Waals surface area contributed by atoms with Gasteiger partial charge < -0.3 is 13.9 Å². The molecule has 0 N–H and O–H groups in total. The number of methoxy groups -OCH3 is 2. The average Bonchev–Trinajstić information content (AvgIpc) is 2.71. The van der Waals surface area contributed by atoms with E-state index in [0.717, 1.165) is 43.0 Å². The molecule has 0 aliphatic heterocycles. The van der Waals surface area contributed by atoms with Crippen molar-refractivity contribution < 1.29 is 23.5 Å². The predicted molar refractivity (Wildman–Crippen MR) is 108 cm³/mol. The summed E-state index contributed by atoms with van der Waals surface area (Å²) >= 11 is 0. The minimum Gasteiger partial charge on any atom is -0.468 e. The highest BCUT2D eigenvalue weighted by Crippen LogP contribution is 2.58. The second-order valence-electron chi connectivity index (χ2n) is 8.08. The molecule has 0 spiro atoms. The van der Waals surface area contributed by atoms with Crippen LogP contribution in [-0.2, 0) is 23.5 Å². The largest absolute Gasteiger partial charge is 0.468 e. The molecule has 0 unspecified atom stereocenters. The summed E-state index contributed by atoms with van der Waals surface area (Å²) in [7, 11) is 0.865. The third-order valence-corrected chi connectivity index (χ3v) is 11.9. The monoisotopic (exact) mass is 396 g/mol. The lowest BCUT2D eigenvalue weighted by Crippen LogP contribution is -2.60. The van der Waals surface area contributed by atoms with E-state index in [4.69, 9.17) is 13.9 Å². The van der Waals surface area contributed by atoms with Crippen LogP contribution < -0.4 is 0 Å². The van der Waals surface area contributed by atoms with Gasteiger partial charge in [0.15, 0.2) is 13.7 Å². The van der Waals surface area contributed by atoms with Crippen LogP contribution in [0.1, 0.15) is 59.8 Å². The fraction of sp³-hybridized carbons (Fsp3) is 0.810. The summed E-state index contributed by atoms with van der Waals surface area (Å²) in [6.45, 7) is 8.70. The number of esters is 2. The number of hydrogen-bond acceptors (Lipinski definition) is 5. The molecule has 2 bridgehead atoms. The number of ether oxygens (including phenoxy) is 2. The van der Waals surface area contributed by atoms with E-state index in [0.29, 0.717) is 12.8 Å². The average molecular weight is 397 g/mol. The highest BCUT2D eigenvalue weighted by atomic mass is 28.4. The molecule has 2 saturated carbocycles. The molecule has 5 nitrogen and oxygen atoms in total. The number of rotatable bonds is 7. The molecule has 2 aliphatic rings. The Bertz CT molecular complexity index is 571. The SMILES string of the molecule is C/C=C1\CC(C(=O)OC)(C(=O)OC)[C@@H]2CCC[C@@]1(O[Si](CC)(CC)CC)C2. The van der Waals surface area contributed by atoms with Crippen LogP contribution in [0.3, 0.4) is 0 Å². The Hall–Kier alpha value is -1.14. The lowest BCUT2D eigenvalue weighted by atomic mass is 9.54. The molecule has 6 heteroatoms. The lowest BCUT2D eigenvalue weighted by molar-refractivity contribution is -0.181. The third-order valence-electron chi connectivity index (χ3n) is 7.25. The van der Waals surface area contributed by atoms with Crippen molar-refractivity contribution in [3.63, 3.8) is 0 Å². The van der Waals surface area contributed by atoms with Crippen LogP contribution in [0.5, 0.6) is 0 Å². The second kappa shape index (κ2) is 8.48. The molecule has 2 rings (SSSR count).